The molecule has 3 N–H and O–H groups in total. The topological polar surface area (TPSA) is 64.3 Å². The third-order valence-corrected chi connectivity index (χ3v) is 5.50. The summed E-state index contributed by atoms with van der Waals surface area (Å²) in [5.41, 5.74) is 5.50. The minimum Gasteiger partial charge on any atom is -0.377 e. The summed E-state index contributed by atoms with van der Waals surface area (Å²) in [6.45, 7) is 4.70. The zero-order valence-electron chi connectivity index (χ0n) is 13.8. The van der Waals surface area contributed by atoms with Crippen LogP contribution in [0.25, 0.3) is 0 Å². The Labute approximate surface area is 146 Å². The smallest absolute Gasteiger partial charge is 0.241 e. The lowest BCUT2D eigenvalue weighted by molar-refractivity contribution is -0.225. The van der Waals surface area contributed by atoms with E-state index in [9.17, 15) is 13.6 Å². The first-order valence-corrected chi connectivity index (χ1v) is 7.91. The molecule has 4 nitrogen and oxygen atoms in total. The van der Waals surface area contributed by atoms with Gasteiger partial charge in [-0.05, 0) is 30.5 Å². The van der Waals surface area contributed by atoms with Crippen LogP contribution in [-0.2, 0) is 16.1 Å². The number of hydrogen-bond donors (Lipinski definition) is 2. The van der Waals surface area contributed by atoms with E-state index < -0.39 is 22.6 Å². The monoisotopic (exact) mass is 360 g/mol. The summed E-state index contributed by atoms with van der Waals surface area (Å²) in [5, 5.41) is 2.77. The quantitative estimate of drug-likeness (QED) is 0.870. The Kier molecular flexibility index (Phi) is 5.23. The van der Waals surface area contributed by atoms with Crippen molar-refractivity contribution in [3.05, 3.63) is 35.4 Å². The molecule has 0 aromatic heterocycles. The van der Waals surface area contributed by atoms with Crippen molar-refractivity contribution in [3.8, 4) is 0 Å². The molecule has 0 bridgehead atoms. The molecule has 0 spiro atoms. The number of nitrogens with two attached hydrogens (primary N) is 1. The summed E-state index contributed by atoms with van der Waals surface area (Å²) in [5.74, 6) is -2.10. The van der Waals surface area contributed by atoms with Gasteiger partial charge in [0.2, 0.25) is 5.91 Å². The van der Waals surface area contributed by atoms with Crippen molar-refractivity contribution in [1.82, 2.24) is 5.32 Å². The molecular weight excluding hydrogens is 338 g/mol. The van der Waals surface area contributed by atoms with E-state index in [0.29, 0.717) is 12.2 Å². The van der Waals surface area contributed by atoms with E-state index in [2.05, 4.69) is 5.32 Å². The maximum Gasteiger partial charge on any atom is 0.241 e. The fourth-order valence-corrected chi connectivity index (χ4v) is 4.01. The van der Waals surface area contributed by atoms with Gasteiger partial charge < -0.3 is 15.8 Å². The predicted molar refractivity (Wildman–Crippen MR) is 88.6 cm³/mol. The maximum atomic E-state index is 13.2. The van der Waals surface area contributed by atoms with E-state index >= 15 is 0 Å². The number of halogens is 3. The van der Waals surface area contributed by atoms with E-state index in [1.807, 2.05) is 13.8 Å². The molecule has 1 aromatic carbocycles. The third kappa shape index (κ3) is 2.70. The number of ether oxygens (including phenoxy) is 1. The van der Waals surface area contributed by atoms with Crippen molar-refractivity contribution < 1.29 is 18.3 Å². The fourth-order valence-electron chi connectivity index (χ4n) is 4.01. The molecule has 1 amide bonds. The van der Waals surface area contributed by atoms with Gasteiger partial charge in [0.1, 0.15) is 5.54 Å². The van der Waals surface area contributed by atoms with Gasteiger partial charge in [0.05, 0.1) is 6.10 Å². The number of fused-ring (bicyclic) bond motifs is 1. The molecule has 3 atom stereocenters. The normalized spacial score (nSPS) is 30.5. The first-order chi connectivity index (χ1) is 10.8. The van der Waals surface area contributed by atoms with Gasteiger partial charge in [-0.25, -0.2) is 8.78 Å². The molecule has 1 saturated heterocycles. The molecule has 2 aliphatic rings. The lowest BCUT2D eigenvalue weighted by Gasteiger charge is -2.65. The van der Waals surface area contributed by atoms with Crippen molar-refractivity contribution in [2.45, 2.75) is 44.9 Å². The molecule has 0 radical (unpaired) electrons. The van der Waals surface area contributed by atoms with Crippen LogP contribution in [0.3, 0.4) is 0 Å². The molecule has 1 aliphatic carbocycles. The Balaban J connectivity index is 0.00000208. The molecule has 1 aliphatic heterocycles. The van der Waals surface area contributed by atoms with Crippen molar-refractivity contribution in [2.24, 2.45) is 17.1 Å². The maximum absolute atomic E-state index is 13.2. The van der Waals surface area contributed by atoms with E-state index in [1.54, 1.807) is 0 Å². The highest BCUT2D eigenvalue weighted by molar-refractivity contribution is 5.89. The van der Waals surface area contributed by atoms with Gasteiger partial charge in [-0.2, -0.15) is 0 Å². The summed E-state index contributed by atoms with van der Waals surface area (Å²) in [4.78, 5) is 12.7. The first-order valence-electron chi connectivity index (χ1n) is 7.91. The Morgan fingerprint density at radius 3 is 2.75 bits per heavy atom. The zero-order chi connectivity index (χ0) is 16.8. The fraction of sp³-hybridized carbons (Fsp3) is 0.588. The molecule has 24 heavy (non-hydrogen) atoms. The summed E-state index contributed by atoms with van der Waals surface area (Å²) in [6, 6.07) is 3.57. The molecule has 3 rings (SSSR count). The average Bonchev–Trinajstić information content (AvgIpc) is 2.54. The predicted octanol–water partition coefficient (Wildman–Crippen LogP) is 2.54. The molecule has 1 heterocycles. The van der Waals surface area contributed by atoms with E-state index in [-0.39, 0.29) is 36.9 Å². The third-order valence-electron chi connectivity index (χ3n) is 5.50. The SMILES string of the molecule is CC1(C)C2OCCCC2C1(N)C(=O)NCc1ccc(F)c(F)c1.Cl. The second-order valence-electron chi connectivity index (χ2n) is 7.06. The van der Waals surface area contributed by atoms with Crippen LogP contribution in [-0.4, -0.2) is 24.2 Å². The van der Waals surface area contributed by atoms with Crippen molar-refractivity contribution in [1.29, 1.82) is 0 Å². The van der Waals surface area contributed by atoms with Crippen LogP contribution in [0.2, 0.25) is 0 Å². The van der Waals surface area contributed by atoms with Crippen LogP contribution in [0.4, 0.5) is 8.78 Å². The number of amides is 1. The van der Waals surface area contributed by atoms with Gasteiger partial charge in [0, 0.05) is 24.5 Å². The van der Waals surface area contributed by atoms with E-state index in [0.717, 1.165) is 25.0 Å². The summed E-state index contributed by atoms with van der Waals surface area (Å²) in [7, 11) is 0. The van der Waals surface area contributed by atoms with Crippen LogP contribution in [0.5, 0.6) is 0 Å². The molecule has 134 valence electrons. The molecular formula is C17H23ClF2N2O2. The summed E-state index contributed by atoms with van der Waals surface area (Å²) in [6.07, 6.45) is 1.76. The number of nitrogens with one attached hydrogen (secondary N) is 1. The highest BCUT2D eigenvalue weighted by Crippen LogP contribution is 2.57. The largest absolute Gasteiger partial charge is 0.377 e. The van der Waals surface area contributed by atoms with Gasteiger partial charge in [0.15, 0.2) is 11.6 Å². The zero-order valence-corrected chi connectivity index (χ0v) is 14.6. The van der Waals surface area contributed by atoms with Gasteiger partial charge in [-0.3, -0.25) is 4.79 Å². The number of carbonyl (C=O) groups excluding carboxylic acids is 1. The van der Waals surface area contributed by atoms with Crippen LogP contribution in [0.1, 0.15) is 32.3 Å². The summed E-state index contributed by atoms with van der Waals surface area (Å²) < 4.78 is 32.0. The number of rotatable bonds is 3. The van der Waals surface area contributed by atoms with Crippen molar-refractivity contribution in [2.75, 3.05) is 6.61 Å². The Hall–Kier alpha value is -1.24. The average molecular weight is 361 g/mol. The summed E-state index contributed by atoms with van der Waals surface area (Å²) >= 11 is 0. The van der Waals surface area contributed by atoms with Gasteiger partial charge in [0.25, 0.3) is 0 Å². The van der Waals surface area contributed by atoms with Crippen molar-refractivity contribution >= 4 is 18.3 Å². The lowest BCUT2D eigenvalue weighted by Crippen LogP contribution is -2.82. The van der Waals surface area contributed by atoms with Crippen LogP contribution < -0.4 is 11.1 Å². The number of carbonyl (C=O) groups is 1. The highest BCUT2D eigenvalue weighted by Gasteiger charge is 2.70. The van der Waals surface area contributed by atoms with E-state index in [1.165, 1.54) is 6.07 Å². The van der Waals surface area contributed by atoms with Crippen LogP contribution in [0, 0.1) is 23.0 Å². The standard InChI is InChI=1S/C17H22F2N2O2.ClH/c1-16(2)14-11(4-3-7-23-14)17(16,20)15(22)21-9-10-5-6-12(18)13(19)8-10;/h5-6,8,11,14H,3-4,7,9,20H2,1-2H3,(H,21,22);1H. The Bertz CT molecular complexity index is 641. The number of benzene rings is 1. The molecule has 1 saturated carbocycles. The lowest BCUT2D eigenvalue weighted by atomic mass is 9.46. The van der Waals surface area contributed by atoms with Crippen molar-refractivity contribution in [3.63, 3.8) is 0 Å². The van der Waals surface area contributed by atoms with E-state index in [4.69, 9.17) is 10.5 Å². The minimum atomic E-state index is -1.00. The van der Waals surface area contributed by atoms with Gasteiger partial charge >= 0.3 is 0 Å². The highest BCUT2D eigenvalue weighted by atomic mass is 35.5. The molecule has 1 aromatic rings. The molecule has 2 fully saturated rings. The Morgan fingerprint density at radius 2 is 2.08 bits per heavy atom. The molecule has 7 heteroatoms. The van der Waals surface area contributed by atoms with Gasteiger partial charge in [-0.15, -0.1) is 12.4 Å². The van der Waals surface area contributed by atoms with Crippen LogP contribution in [0.15, 0.2) is 18.2 Å². The van der Waals surface area contributed by atoms with Gasteiger partial charge in [-0.1, -0.05) is 19.9 Å². The molecule has 3 unspecified atom stereocenters. The Morgan fingerprint density at radius 1 is 1.38 bits per heavy atom. The first kappa shape index (κ1) is 19.1. The number of hydrogen-bond acceptors (Lipinski definition) is 3. The minimum absolute atomic E-state index is 0. The van der Waals surface area contributed by atoms with Crippen LogP contribution >= 0.6 is 12.4 Å². The second kappa shape index (κ2) is 6.58. The second-order valence-corrected chi connectivity index (χ2v) is 7.06.